The molecule has 94 valence electrons. The number of H-pyrrole nitrogens is 1. The number of hydrogen-bond donors (Lipinski definition) is 2. The standard InChI is InChI=1S/C14H11BrN4/c15-11-6-10(7-12(16)8-11)14-17-13(18-19-14)9-4-2-1-3-5-9/h1-8H,16H2,(H,17,18,19). The fourth-order valence-electron chi connectivity index (χ4n) is 1.86. The highest BCUT2D eigenvalue weighted by molar-refractivity contribution is 9.10. The summed E-state index contributed by atoms with van der Waals surface area (Å²) in [6, 6.07) is 15.5. The number of nitrogens with one attached hydrogen (secondary N) is 1. The van der Waals surface area contributed by atoms with Crippen molar-refractivity contribution in [1.29, 1.82) is 0 Å². The van der Waals surface area contributed by atoms with Crippen LogP contribution in [0.4, 0.5) is 5.69 Å². The number of nitrogen functional groups attached to an aromatic ring is 1. The molecule has 0 unspecified atom stereocenters. The number of aromatic nitrogens is 3. The minimum absolute atomic E-state index is 0.631. The summed E-state index contributed by atoms with van der Waals surface area (Å²) in [5.74, 6) is 1.38. The minimum Gasteiger partial charge on any atom is -0.399 e. The molecule has 0 bridgehead atoms. The molecular formula is C14H11BrN4. The molecule has 0 atom stereocenters. The Kier molecular flexibility index (Phi) is 3.05. The molecule has 3 N–H and O–H groups in total. The van der Waals surface area contributed by atoms with Crippen molar-refractivity contribution in [1.82, 2.24) is 15.2 Å². The van der Waals surface area contributed by atoms with Crippen molar-refractivity contribution in [3.05, 3.63) is 53.0 Å². The van der Waals surface area contributed by atoms with Crippen LogP contribution >= 0.6 is 15.9 Å². The lowest BCUT2D eigenvalue weighted by atomic mass is 10.2. The van der Waals surface area contributed by atoms with Gasteiger partial charge in [0.2, 0.25) is 0 Å². The third-order valence-corrected chi connectivity index (χ3v) is 3.17. The van der Waals surface area contributed by atoms with Gasteiger partial charge in [-0.05, 0) is 18.2 Å². The van der Waals surface area contributed by atoms with Gasteiger partial charge in [-0.15, -0.1) is 0 Å². The predicted molar refractivity (Wildman–Crippen MR) is 79.4 cm³/mol. The summed E-state index contributed by atoms with van der Waals surface area (Å²) in [6.45, 7) is 0. The molecule has 0 amide bonds. The van der Waals surface area contributed by atoms with Crippen LogP contribution in [0.2, 0.25) is 0 Å². The van der Waals surface area contributed by atoms with Crippen LogP contribution in [-0.4, -0.2) is 15.2 Å². The lowest BCUT2D eigenvalue weighted by Gasteiger charge is -1.99. The third kappa shape index (κ3) is 2.51. The minimum atomic E-state index is 0.631. The van der Waals surface area contributed by atoms with Gasteiger partial charge in [0.1, 0.15) is 0 Å². The average molecular weight is 315 g/mol. The number of rotatable bonds is 2. The van der Waals surface area contributed by atoms with Crippen molar-refractivity contribution in [2.24, 2.45) is 0 Å². The van der Waals surface area contributed by atoms with Crippen LogP contribution in [0.15, 0.2) is 53.0 Å². The van der Waals surface area contributed by atoms with Crippen LogP contribution in [-0.2, 0) is 0 Å². The van der Waals surface area contributed by atoms with E-state index in [2.05, 4.69) is 31.1 Å². The Labute approximate surface area is 118 Å². The molecule has 0 saturated heterocycles. The van der Waals surface area contributed by atoms with Crippen LogP contribution in [0, 0.1) is 0 Å². The van der Waals surface area contributed by atoms with Gasteiger partial charge in [-0.3, -0.25) is 5.10 Å². The van der Waals surface area contributed by atoms with E-state index in [1.807, 2.05) is 48.5 Å². The topological polar surface area (TPSA) is 67.6 Å². The molecule has 0 aliphatic carbocycles. The number of nitrogens with two attached hydrogens (primary N) is 1. The van der Waals surface area contributed by atoms with Gasteiger partial charge < -0.3 is 5.73 Å². The first-order chi connectivity index (χ1) is 9.22. The summed E-state index contributed by atoms with van der Waals surface area (Å²) in [6.07, 6.45) is 0. The molecule has 1 heterocycles. The maximum absolute atomic E-state index is 5.82. The summed E-state index contributed by atoms with van der Waals surface area (Å²) in [4.78, 5) is 4.49. The maximum Gasteiger partial charge on any atom is 0.181 e. The van der Waals surface area contributed by atoms with E-state index < -0.39 is 0 Å². The number of nitrogens with zero attached hydrogens (tertiary/aromatic N) is 2. The molecule has 3 aromatic rings. The van der Waals surface area contributed by atoms with Crippen molar-refractivity contribution in [3.63, 3.8) is 0 Å². The van der Waals surface area contributed by atoms with Gasteiger partial charge in [-0.1, -0.05) is 46.3 Å². The van der Waals surface area contributed by atoms with Gasteiger partial charge in [0, 0.05) is 21.3 Å². The summed E-state index contributed by atoms with van der Waals surface area (Å²) in [5, 5.41) is 7.17. The molecule has 5 heteroatoms. The van der Waals surface area contributed by atoms with Crippen LogP contribution in [0.25, 0.3) is 22.8 Å². The quantitative estimate of drug-likeness (QED) is 0.711. The fraction of sp³-hybridized carbons (Fsp3) is 0. The third-order valence-electron chi connectivity index (χ3n) is 2.71. The zero-order valence-electron chi connectivity index (χ0n) is 9.97. The zero-order chi connectivity index (χ0) is 13.2. The van der Waals surface area contributed by atoms with Crippen LogP contribution in [0.1, 0.15) is 0 Å². The van der Waals surface area contributed by atoms with Crippen LogP contribution in [0.5, 0.6) is 0 Å². The SMILES string of the molecule is Nc1cc(Br)cc(-c2n[nH]c(-c3ccccc3)n2)c1. The molecule has 2 aromatic carbocycles. The summed E-state index contributed by atoms with van der Waals surface area (Å²) in [7, 11) is 0. The first-order valence-electron chi connectivity index (χ1n) is 5.76. The summed E-state index contributed by atoms with van der Waals surface area (Å²) >= 11 is 3.42. The Hall–Kier alpha value is -2.14. The van der Waals surface area contributed by atoms with E-state index in [0.717, 1.165) is 21.4 Å². The molecule has 1 aromatic heterocycles. The molecule has 19 heavy (non-hydrogen) atoms. The van der Waals surface area contributed by atoms with Gasteiger partial charge in [0.25, 0.3) is 0 Å². The Morgan fingerprint density at radius 3 is 2.53 bits per heavy atom. The van der Waals surface area contributed by atoms with Crippen LogP contribution < -0.4 is 5.73 Å². The summed E-state index contributed by atoms with van der Waals surface area (Å²) < 4.78 is 0.911. The van der Waals surface area contributed by atoms with Crippen molar-refractivity contribution in [2.45, 2.75) is 0 Å². The first kappa shape index (κ1) is 11.9. The highest BCUT2D eigenvalue weighted by Crippen LogP contribution is 2.25. The van der Waals surface area contributed by atoms with Gasteiger partial charge in [-0.25, -0.2) is 4.98 Å². The van der Waals surface area contributed by atoms with E-state index in [1.165, 1.54) is 0 Å². The van der Waals surface area contributed by atoms with Crippen molar-refractivity contribution in [2.75, 3.05) is 5.73 Å². The number of aromatic amines is 1. The largest absolute Gasteiger partial charge is 0.399 e. The van der Waals surface area contributed by atoms with Crippen molar-refractivity contribution >= 4 is 21.6 Å². The Morgan fingerprint density at radius 1 is 1.00 bits per heavy atom. The van der Waals surface area contributed by atoms with Gasteiger partial charge >= 0.3 is 0 Å². The summed E-state index contributed by atoms with van der Waals surface area (Å²) in [5.41, 5.74) is 8.38. The van der Waals surface area contributed by atoms with Crippen molar-refractivity contribution in [3.8, 4) is 22.8 Å². The van der Waals surface area contributed by atoms with Crippen LogP contribution in [0.3, 0.4) is 0 Å². The highest BCUT2D eigenvalue weighted by Gasteiger charge is 2.08. The molecule has 0 radical (unpaired) electrons. The van der Waals surface area contributed by atoms with E-state index in [9.17, 15) is 0 Å². The average Bonchev–Trinajstić information content (AvgIpc) is 2.88. The monoisotopic (exact) mass is 314 g/mol. The lowest BCUT2D eigenvalue weighted by molar-refractivity contribution is 1.10. The molecule has 0 aliphatic heterocycles. The van der Waals surface area contributed by atoms with Gasteiger partial charge in [0.05, 0.1) is 0 Å². The molecule has 0 aliphatic rings. The number of halogens is 1. The second kappa shape index (κ2) is 4.85. The normalized spacial score (nSPS) is 10.6. The Bertz CT molecular complexity index is 686. The number of anilines is 1. The van der Waals surface area contributed by atoms with E-state index in [0.29, 0.717) is 11.5 Å². The molecule has 0 saturated carbocycles. The fourth-order valence-corrected chi connectivity index (χ4v) is 2.37. The van der Waals surface area contributed by atoms with E-state index in [1.54, 1.807) is 0 Å². The molecular weight excluding hydrogens is 304 g/mol. The second-order valence-corrected chi connectivity index (χ2v) is 5.06. The van der Waals surface area contributed by atoms with E-state index >= 15 is 0 Å². The van der Waals surface area contributed by atoms with Gasteiger partial charge in [0.15, 0.2) is 11.6 Å². The Balaban J connectivity index is 2.02. The van der Waals surface area contributed by atoms with E-state index in [-0.39, 0.29) is 0 Å². The lowest BCUT2D eigenvalue weighted by Crippen LogP contribution is -1.87. The predicted octanol–water partition coefficient (Wildman–Crippen LogP) is 3.48. The first-order valence-corrected chi connectivity index (χ1v) is 6.56. The number of benzene rings is 2. The zero-order valence-corrected chi connectivity index (χ0v) is 11.6. The Morgan fingerprint density at radius 2 is 1.79 bits per heavy atom. The molecule has 3 rings (SSSR count). The maximum atomic E-state index is 5.82. The second-order valence-electron chi connectivity index (χ2n) is 4.15. The molecule has 0 fully saturated rings. The smallest absolute Gasteiger partial charge is 0.181 e. The number of hydrogen-bond acceptors (Lipinski definition) is 3. The van der Waals surface area contributed by atoms with Crippen molar-refractivity contribution < 1.29 is 0 Å². The molecule has 4 nitrogen and oxygen atoms in total. The highest BCUT2D eigenvalue weighted by atomic mass is 79.9. The van der Waals surface area contributed by atoms with Gasteiger partial charge in [-0.2, -0.15) is 5.10 Å². The van der Waals surface area contributed by atoms with E-state index in [4.69, 9.17) is 5.73 Å². The molecule has 0 spiro atoms.